The summed E-state index contributed by atoms with van der Waals surface area (Å²) in [5.74, 6) is -1.95. The number of carbonyl (C=O) groups is 3. The predicted octanol–water partition coefficient (Wildman–Crippen LogP) is 3.50. The summed E-state index contributed by atoms with van der Waals surface area (Å²) in [7, 11) is 0. The summed E-state index contributed by atoms with van der Waals surface area (Å²) in [6.45, 7) is 0. The highest BCUT2D eigenvalue weighted by molar-refractivity contribution is 7.17. The lowest BCUT2D eigenvalue weighted by atomic mass is 9.95. The smallest absolute Gasteiger partial charge is 0.258 e. The Kier molecular flexibility index (Phi) is 5.63. The van der Waals surface area contributed by atoms with Gasteiger partial charge in [0.2, 0.25) is 0 Å². The lowest BCUT2D eigenvalue weighted by molar-refractivity contribution is -0.255. The Morgan fingerprint density at radius 2 is 1.57 bits per heavy atom. The molecule has 30 heavy (non-hydrogen) atoms. The van der Waals surface area contributed by atoms with Crippen LogP contribution >= 0.6 is 11.3 Å². The van der Waals surface area contributed by atoms with E-state index in [9.17, 15) is 19.5 Å². The van der Waals surface area contributed by atoms with Crippen molar-refractivity contribution in [3.63, 3.8) is 0 Å². The number of benzene rings is 2. The number of thiophene rings is 1. The molecule has 7 heteroatoms. The number of fused-ring (bicyclic) bond motifs is 1. The van der Waals surface area contributed by atoms with Gasteiger partial charge in [-0.2, -0.15) is 0 Å². The Labute approximate surface area is 177 Å². The molecule has 0 bridgehead atoms. The highest BCUT2D eigenvalue weighted by atomic mass is 32.1. The minimum atomic E-state index is -1.31. The Balaban J connectivity index is 1.65. The summed E-state index contributed by atoms with van der Waals surface area (Å²) >= 11 is 1.43. The standard InChI is InChI=1S/C23H20N2O4S/c26-20(14-7-2-1-3-8-14)25-22-19(17-11-4-5-12-18(17)30-22)21(27)24-16-10-6-9-15(13-16)23(28)29/h1-3,6-10,13H,4-5,11-12H2,(H,24,27)(H,25,26)(H,28,29)/p-1. The lowest BCUT2D eigenvalue weighted by Crippen LogP contribution is -2.22. The first-order valence-electron chi connectivity index (χ1n) is 9.66. The van der Waals surface area contributed by atoms with E-state index in [1.165, 1.54) is 23.5 Å². The predicted molar refractivity (Wildman–Crippen MR) is 114 cm³/mol. The van der Waals surface area contributed by atoms with Gasteiger partial charge < -0.3 is 20.5 Å². The molecule has 1 heterocycles. The van der Waals surface area contributed by atoms with Crippen molar-refractivity contribution in [3.05, 3.63) is 81.7 Å². The maximum atomic E-state index is 13.1. The molecule has 0 radical (unpaired) electrons. The van der Waals surface area contributed by atoms with E-state index in [4.69, 9.17) is 0 Å². The molecule has 152 valence electrons. The quantitative estimate of drug-likeness (QED) is 0.661. The summed E-state index contributed by atoms with van der Waals surface area (Å²) in [5, 5.41) is 17.3. The Morgan fingerprint density at radius 3 is 2.33 bits per heavy atom. The fourth-order valence-corrected chi connectivity index (χ4v) is 4.86. The maximum Gasteiger partial charge on any atom is 0.258 e. The van der Waals surface area contributed by atoms with E-state index in [2.05, 4.69) is 10.6 Å². The van der Waals surface area contributed by atoms with Crippen molar-refractivity contribution < 1.29 is 19.5 Å². The Morgan fingerprint density at radius 1 is 0.833 bits per heavy atom. The van der Waals surface area contributed by atoms with E-state index < -0.39 is 5.97 Å². The molecule has 0 spiro atoms. The van der Waals surface area contributed by atoms with Gasteiger partial charge in [-0.05, 0) is 61.1 Å². The number of nitrogens with one attached hydrogen (secondary N) is 2. The summed E-state index contributed by atoms with van der Waals surface area (Å²) in [5.41, 5.74) is 2.27. The number of hydrogen-bond donors (Lipinski definition) is 2. The molecule has 2 amide bonds. The van der Waals surface area contributed by atoms with Crippen molar-refractivity contribution >= 4 is 39.8 Å². The van der Waals surface area contributed by atoms with Crippen LogP contribution in [-0.4, -0.2) is 17.8 Å². The first-order chi connectivity index (χ1) is 14.5. The number of aryl methyl sites for hydroxylation is 1. The van der Waals surface area contributed by atoms with Crippen LogP contribution in [0.1, 0.15) is 54.4 Å². The normalized spacial score (nSPS) is 12.7. The third-order valence-corrected chi connectivity index (χ3v) is 6.22. The molecule has 0 unspecified atom stereocenters. The van der Waals surface area contributed by atoms with Crippen molar-refractivity contribution in [2.45, 2.75) is 25.7 Å². The molecule has 2 N–H and O–H groups in total. The van der Waals surface area contributed by atoms with Crippen LogP contribution in [0.15, 0.2) is 54.6 Å². The van der Waals surface area contributed by atoms with Crippen LogP contribution in [0.3, 0.4) is 0 Å². The third kappa shape index (κ3) is 4.11. The van der Waals surface area contributed by atoms with Gasteiger partial charge in [0.05, 0.1) is 11.5 Å². The average molecular weight is 419 g/mol. The van der Waals surface area contributed by atoms with E-state index in [1.54, 1.807) is 36.4 Å². The van der Waals surface area contributed by atoms with E-state index >= 15 is 0 Å². The van der Waals surface area contributed by atoms with Gasteiger partial charge in [0.1, 0.15) is 5.00 Å². The fraction of sp³-hybridized carbons (Fsp3) is 0.174. The Bertz CT molecular complexity index is 1120. The molecule has 4 rings (SSSR count). The van der Waals surface area contributed by atoms with Crippen molar-refractivity contribution in [3.8, 4) is 0 Å². The van der Waals surface area contributed by atoms with Gasteiger partial charge in [0.25, 0.3) is 11.8 Å². The summed E-state index contributed by atoms with van der Waals surface area (Å²) in [6, 6.07) is 14.8. The zero-order valence-corrected chi connectivity index (χ0v) is 16.9. The minimum absolute atomic E-state index is 0.0160. The van der Waals surface area contributed by atoms with Crippen molar-refractivity contribution in [1.82, 2.24) is 0 Å². The van der Waals surface area contributed by atoms with E-state index in [1.807, 2.05) is 6.07 Å². The second kappa shape index (κ2) is 8.51. The molecule has 2 aromatic carbocycles. The second-order valence-electron chi connectivity index (χ2n) is 7.06. The van der Waals surface area contributed by atoms with Gasteiger partial charge in [0.15, 0.2) is 0 Å². The largest absolute Gasteiger partial charge is 0.545 e. The first kappa shape index (κ1) is 19.8. The van der Waals surface area contributed by atoms with Crippen molar-refractivity contribution in [2.24, 2.45) is 0 Å². The van der Waals surface area contributed by atoms with Crippen LogP contribution in [0.2, 0.25) is 0 Å². The molecule has 0 fully saturated rings. The topological polar surface area (TPSA) is 98.3 Å². The maximum absolute atomic E-state index is 13.1. The molecule has 0 atom stereocenters. The number of amides is 2. The van der Waals surface area contributed by atoms with Gasteiger partial charge in [-0.1, -0.05) is 30.3 Å². The van der Waals surface area contributed by atoms with Crippen LogP contribution in [0.5, 0.6) is 0 Å². The summed E-state index contributed by atoms with van der Waals surface area (Å²) in [4.78, 5) is 38.0. The molecule has 3 aromatic rings. The lowest BCUT2D eigenvalue weighted by Gasteiger charge is -2.14. The van der Waals surface area contributed by atoms with Crippen LogP contribution in [0, 0.1) is 0 Å². The van der Waals surface area contributed by atoms with Crippen molar-refractivity contribution in [1.29, 1.82) is 0 Å². The highest BCUT2D eigenvalue weighted by Crippen LogP contribution is 2.38. The van der Waals surface area contributed by atoms with Crippen LogP contribution in [-0.2, 0) is 12.8 Å². The van der Waals surface area contributed by atoms with Gasteiger partial charge in [-0.15, -0.1) is 11.3 Å². The SMILES string of the molecule is O=C([O-])c1cccc(NC(=O)c2c(NC(=O)c3ccccc3)sc3c2CCCC3)c1. The van der Waals surface area contributed by atoms with Gasteiger partial charge >= 0.3 is 0 Å². The number of carboxylic acid groups (broad SMARTS) is 1. The molecular formula is C23H19N2O4S-. The molecule has 6 nitrogen and oxygen atoms in total. The van der Waals surface area contributed by atoms with E-state index in [0.717, 1.165) is 36.1 Å². The monoisotopic (exact) mass is 419 g/mol. The highest BCUT2D eigenvalue weighted by Gasteiger charge is 2.26. The molecule has 1 aromatic heterocycles. The summed E-state index contributed by atoms with van der Waals surface area (Å²) in [6.07, 6.45) is 3.68. The van der Waals surface area contributed by atoms with E-state index in [0.29, 0.717) is 21.8 Å². The number of aromatic carboxylic acids is 1. The molecule has 1 aliphatic carbocycles. The zero-order chi connectivity index (χ0) is 21.1. The first-order valence-corrected chi connectivity index (χ1v) is 10.5. The van der Waals surface area contributed by atoms with Crippen LogP contribution in [0.4, 0.5) is 10.7 Å². The van der Waals surface area contributed by atoms with E-state index in [-0.39, 0.29) is 17.4 Å². The number of carboxylic acids is 1. The van der Waals surface area contributed by atoms with Gasteiger partial charge in [0, 0.05) is 16.1 Å². The van der Waals surface area contributed by atoms with Gasteiger partial charge in [-0.3, -0.25) is 9.59 Å². The minimum Gasteiger partial charge on any atom is -0.545 e. The molecule has 0 saturated heterocycles. The zero-order valence-electron chi connectivity index (χ0n) is 16.1. The fourth-order valence-electron chi connectivity index (χ4n) is 3.58. The molecule has 1 aliphatic rings. The number of carbonyl (C=O) groups excluding carboxylic acids is 3. The van der Waals surface area contributed by atoms with Crippen LogP contribution in [0.25, 0.3) is 0 Å². The molecular weight excluding hydrogens is 400 g/mol. The third-order valence-electron chi connectivity index (χ3n) is 5.02. The second-order valence-corrected chi connectivity index (χ2v) is 8.16. The van der Waals surface area contributed by atoms with Crippen LogP contribution < -0.4 is 15.7 Å². The van der Waals surface area contributed by atoms with Crippen molar-refractivity contribution in [2.75, 3.05) is 10.6 Å². The molecule has 0 aliphatic heterocycles. The average Bonchev–Trinajstić information content (AvgIpc) is 3.12. The van der Waals surface area contributed by atoms with Gasteiger partial charge in [-0.25, -0.2) is 0 Å². The molecule has 0 saturated carbocycles. The summed E-state index contributed by atoms with van der Waals surface area (Å²) < 4.78 is 0. The number of rotatable bonds is 5. The number of anilines is 2. The number of hydrogen-bond acceptors (Lipinski definition) is 5. The Hall–Kier alpha value is -3.45.